The topological polar surface area (TPSA) is 87.3 Å². The normalized spacial score (nSPS) is 10.9. The highest BCUT2D eigenvalue weighted by atomic mass is 19.1. The van der Waals surface area contributed by atoms with Crippen LogP contribution in [0.5, 0.6) is 0 Å². The van der Waals surface area contributed by atoms with Crippen molar-refractivity contribution in [2.24, 2.45) is 0 Å². The van der Waals surface area contributed by atoms with Crippen LogP contribution in [0.2, 0.25) is 0 Å². The first-order valence-corrected chi connectivity index (χ1v) is 7.89. The zero-order valence-corrected chi connectivity index (χ0v) is 14.5. The van der Waals surface area contributed by atoms with E-state index in [9.17, 15) is 23.2 Å². The number of carbonyl (C=O) groups is 3. The zero-order valence-electron chi connectivity index (χ0n) is 14.5. The van der Waals surface area contributed by atoms with E-state index in [2.05, 4.69) is 16.0 Å². The first-order valence-electron chi connectivity index (χ1n) is 7.89. The van der Waals surface area contributed by atoms with Gasteiger partial charge in [-0.05, 0) is 39.3 Å². The summed E-state index contributed by atoms with van der Waals surface area (Å²) in [5.74, 6) is -3.00. The Morgan fingerprint density at radius 2 is 1.72 bits per heavy atom. The Bertz CT molecular complexity index is 643. The van der Waals surface area contributed by atoms with Gasteiger partial charge >= 0.3 is 0 Å². The molecule has 0 bridgehead atoms. The second-order valence-corrected chi connectivity index (χ2v) is 6.56. The van der Waals surface area contributed by atoms with Crippen molar-refractivity contribution >= 4 is 17.7 Å². The van der Waals surface area contributed by atoms with Crippen LogP contribution in [0.25, 0.3) is 0 Å². The Labute approximate surface area is 145 Å². The van der Waals surface area contributed by atoms with Crippen LogP contribution >= 0.6 is 0 Å². The van der Waals surface area contributed by atoms with Gasteiger partial charge in [-0.25, -0.2) is 8.78 Å². The molecule has 0 atom stereocenters. The van der Waals surface area contributed by atoms with Gasteiger partial charge in [-0.3, -0.25) is 14.4 Å². The van der Waals surface area contributed by atoms with Gasteiger partial charge in [-0.2, -0.15) is 0 Å². The number of rotatable bonds is 7. The number of benzene rings is 1. The molecule has 1 rings (SSSR count). The van der Waals surface area contributed by atoms with Gasteiger partial charge in [0.1, 0.15) is 11.6 Å². The molecule has 0 aliphatic heterocycles. The summed E-state index contributed by atoms with van der Waals surface area (Å²) in [6.07, 6.45) is 0.427. The molecule has 3 N–H and O–H groups in total. The van der Waals surface area contributed by atoms with Crippen molar-refractivity contribution in [3.63, 3.8) is 0 Å². The average molecular weight is 355 g/mol. The Morgan fingerprint density at radius 1 is 1.04 bits per heavy atom. The lowest BCUT2D eigenvalue weighted by Crippen LogP contribution is -2.45. The fourth-order valence-corrected chi connectivity index (χ4v) is 1.95. The monoisotopic (exact) mass is 355 g/mol. The van der Waals surface area contributed by atoms with Crippen LogP contribution < -0.4 is 16.0 Å². The van der Waals surface area contributed by atoms with E-state index < -0.39 is 17.5 Å². The molecular formula is C17H23F2N3O3. The molecule has 0 heterocycles. The summed E-state index contributed by atoms with van der Waals surface area (Å²) >= 11 is 0. The number of carbonyl (C=O) groups excluding carboxylic acids is 3. The lowest BCUT2D eigenvalue weighted by Gasteiger charge is -2.20. The molecule has 0 radical (unpaired) electrons. The van der Waals surface area contributed by atoms with E-state index in [-0.39, 0.29) is 42.4 Å². The molecule has 8 heteroatoms. The highest BCUT2D eigenvalue weighted by Crippen LogP contribution is 2.09. The number of nitrogens with one attached hydrogen (secondary N) is 3. The summed E-state index contributed by atoms with van der Waals surface area (Å²) in [7, 11) is 0. The van der Waals surface area contributed by atoms with Crippen molar-refractivity contribution < 1.29 is 23.2 Å². The Balaban J connectivity index is 2.25. The van der Waals surface area contributed by atoms with E-state index in [1.165, 1.54) is 0 Å². The van der Waals surface area contributed by atoms with Gasteiger partial charge in [-0.1, -0.05) is 0 Å². The molecular weight excluding hydrogens is 332 g/mol. The molecule has 138 valence electrons. The minimum Gasteiger partial charge on any atom is -0.352 e. The Kier molecular flexibility index (Phi) is 7.47. The molecule has 0 fully saturated rings. The smallest absolute Gasteiger partial charge is 0.254 e. The molecule has 0 aliphatic rings. The van der Waals surface area contributed by atoms with Crippen molar-refractivity contribution in [3.8, 4) is 0 Å². The van der Waals surface area contributed by atoms with Crippen LogP contribution in [0.15, 0.2) is 18.2 Å². The van der Waals surface area contributed by atoms with E-state index >= 15 is 0 Å². The predicted molar refractivity (Wildman–Crippen MR) is 88.8 cm³/mol. The summed E-state index contributed by atoms with van der Waals surface area (Å²) in [6, 6.07) is 2.68. The van der Waals surface area contributed by atoms with Crippen molar-refractivity contribution in [2.45, 2.75) is 39.2 Å². The number of hydrogen-bond acceptors (Lipinski definition) is 3. The maximum atomic E-state index is 13.4. The second-order valence-electron chi connectivity index (χ2n) is 6.56. The molecule has 25 heavy (non-hydrogen) atoms. The first-order chi connectivity index (χ1) is 11.6. The number of amides is 3. The quantitative estimate of drug-likeness (QED) is 0.648. The maximum absolute atomic E-state index is 13.4. The van der Waals surface area contributed by atoms with Crippen molar-refractivity contribution in [1.82, 2.24) is 16.0 Å². The van der Waals surface area contributed by atoms with Crippen molar-refractivity contribution in [1.29, 1.82) is 0 Å². The van der Waals surface area contributed by atoms with E-state index in [4.69, 9.17) is 0 Å². The second kappa shape index (κ2) is 9.10. The van der Waals surface area contributed by atoms with Crippen LogP contribution in [0.4, 0.5) is 8.78 Å². The highest BCUT2D eigenvalue weighted by molar-refractivity contribution is 5.94. The lowest BCUT2D eigenvalue weighted by molar-refractivity contribution is -0.126. The fourth-order valence-electron chi connectivity index (χ4n) is 1.95. The SMILES string of the molecule is CC(C)(C)NC(=O)CNC(=O)CCCNC(=O)c1ccc(F)cc1F. The summed E-state index contributed by atoms with van der Waals surface area (Å²) in [5, 5.41) is 7.64. The third kappa shape index (κ3) is 8.23. The third-order valence-corrected chi connectivity index (χ3v) is 3.00. The van der Waals surface area contributed by atoms with Crippen LogP contribution in [0, 0.1) is 11.6 Å². The minimum absolute atomic E-state index is 0.106. The molecule has 0 aromatic heterocycles. The van der Waals surface area contributed by atoms with Crippen LogP contribution in [0.3, 0.4) is 0 Å². The molecule has 0 saturated carbocycles. The first kappa shape index (κ1) is 20.5. The van der Waals surface area contributed by atoms with Crippen LogP contribution in [-0.2, 0) is 9.59 Å². The Hall–Kier alpha value is -2.51. The molecule has 1 aromatic rings. The van der Waals surface area contributed by atoms with Crippen molar-refractivity contribution in [2.75, 3.05) is 13.1 Å². The van der Waals surface area contributed by atoms with Gasteiger partial charge < -0.3 is 16.0 Å². The number of halogens is 2. The summed E-state index contributed by atoms with van der Waals surface area (Å²) in [5.41, 5.74) is -0.633. The molecule has 3 amide bonds. The van der Waals surface area contributed by atoms with Gasteiger partial charge in [0.05, 0.1) is 12.1 Å². The van der Waals surface area contributed by atoms with Gasteiger partial charge in [0, 0.05) is 24.6 Å². The highest BCUT2D eigenvalue weighted by Gasteiger charge is 2.14. The van der Waals surface area contributed by atoms with Gasteiger partial charge in [0.25, 0.3) is 5.91 Å². The van der Waals surface area contributed by atoms with E-state index in [0.29, 0.717) is 12.5 Å². The largest absolute Gasteiger partial charge is 0.352 e. The standard InChI is InChI=1S/C17H23F2N3O3/c1-17(2,3)22-15(24)10-21-14(23)5-4-8-20-16(25)12-7-6-11(18)9-13(12)19/h6-7,9H,4-5,8,10H2,1-3H3,(H,20,25)(H,21,23)(H,22,24). The van der Waals surface area contributed by atoms with Gasteiger partial charge in [0.2, 0.25) is 11.8 Å². The third-order valence-electron chi connectivity index (χ3n) is 3.00. The maximum Gasteiger partial charge on any atom is 0.254 e. The molecule has 0 unspecified atom stereocenters. The molecule has 6 nitrogen and oxygen atoms in total. The van der Waals surface area contributed by atoms with E-state index in [1.54, 1.807) is 0 Å². The molecule has 0 aliphatic carbocycles. The van der Waals surface area contributed by atoms with Gasteiger partial charge in [-0.15, -0.1) is 0 Å². The van der Waals surface area contributed by atoms with Crippen LogP contribution in [0.1, 0.15) is 44.0 Å². The summed E-state index contributed by atoms with van der Waals surface area (Å²) < 4.78 is 26.2. The Morgan fingerprint density at radius 3 is 2.32 bits per heavy atom. The minimum atomic E-state index is -0.944. The fraction of sp³-hybridized carbons (Fsp3) is 0.471. The number of hydrogen-bond donors (Lipinski definition) is 3. The molecule has 0 spiro atoms. The van der Waals surface area contributed by atoms with Crippen LogP contribution in [-0.4, -0.2) is 36.3 Å². The summed E-state index contributed by atoms with van der Waals surface area (Å²) in [4.78, 5) is 34.9. The molecule has 1 aromatic carbocycles. The zero-order chi connectivity index (χ0) is 19.0. The average Bonchev–Trinajstić information content (AvgIpc) is 2.47. The van der Waals surface area contributed by atoms with E-state index in [1.807, 2.05) is 20.8 Å². The van der Waals surface area contributed by atoms with E-state index in [0.717, 1.165) is 12.1 Å². The summed E-state index contributed by atoms with van der Waals surface area (Å²) in [6.45, 7) is 5.53. The van der Waals surface area contributed by atoms with Gasteiger partial charge in [0.15, 0.2) is 0 Å². The molecule has 0 saturated heterocycles. The predicted octanol–water partition coefficient (Wildman–Crippen LogP) is 1.51. The lowest BCUT2D eigenvalue weighted by atomic mass is 10.1. The van der Waals surface area contributed by atoms with Crippen molar-refractivity contribution in [3.05, 3.63) is 35.4 Å².